The molecule has 0 aliphatic carbocycles. The molecule has 0 saturated carbocycles. The van der Waals surface area contributed by atoms with Gasteiger partial charge in [-0.1, -0.05) is 0 Å². The minimum absolute atomic E-state index is 0.497. The second kappa shape index (κ2) is 30.9. The molecular formula is C54H89O3P. The number of hydrogen-bond acceptors (Lipinski definition) is 3. The van der Waals surface area contributed by atoms with Gasteiger partial charge in [0.1, 0.15) is 0 Å². The average Bonchev–Trinajstić information content (AvgIpc) is 3.25. The predicted molar refractivity (Wildman–Crippen MR) is 258 cm³/mol. The molecule has 0 fully saturated rings. The summed E-state index contributed by atoms with van der Waals surface area (Å²) in [6.45, 7) is 10.1. The maximum absolute atomic E-state index is 14.4. The van der Waals surface area contributed by atoms with E-state index < -0.39 is 7.28 Å². The molecule has 3 rings (SSSR count). The van der Waals surface area contributed by atoms with Crippen molar-refractivity contribution in [1.82, 2.24) is 0 Å². The van der Waals surface area contributed by atoms with Gasteiger partial charge in [0, 0.05) is 0 Å². The van der Waals surface area contributed by atoms with E-state index in [1.807, 2.05) is 0 Å². The Labute approximate surface area is 359 Å². The van der Waals surface area contributed by atoms with Crippen LogP contribution in [0.15, 0.2) is 72.8 Å². The molecule has 0 atom stereocenters. The topological polar surface area (TPSA) is 38.7 Å². The van der Waals surface area contributed by atoms with Gasteiger partial charge < -0.3 is 0 Å². The second-order valence-electron chi connectivity index (χ2n) is 17.4. The molecule has 0 aromatic heterocycles. The first-order valence-electron chi connectivity index (χ1n) is 24.9. The fourth-order valence-corrected chi connectivity index (χ4v) is 12.7. The van der Waals surface area contributed by atoms with Gasteiger partial charge in [-0.3, -0.25) is 0 Å². The molecule has 1 N–H and O–H groups in total. The molecule has 0 radical (unpaired) electrons. The van der Waals surface area contributed by atoms with Gasteiger partial charge in [-0.25, -0.2) is 0 Å². The van der Waals surface area contributed by atoms with Gasteiger partial charge in [0.25, 0.3) is 0 Å². The van der Waals surface area contributed by atoms with E-state index in [4.69, 9.17) is 9.05 Å². The van der Waals surface area contributed by atoms with Crippen LogP contribution >= 0.6 is 7.28 Å². The van der Waals surface area contributed by atoms with Crippen LogP contribution in [0.25, 0.3) is 11.1 Å². The Hall–Kier alpha value is -2.03. The van der Waals surface area contributed by atoms with Gasteiger partial charge in [-0.05, 0) is 0 Å². The van der Waals surface area contributed by atoms with Gasteiger partial charge in [0.2, 0.25) is 0 Å². The first kappa shape index (κ1) is 50.3. The molecular weight excluding hydrogens is 728 g/mol. The zero-order chi connectivity index (χ0) is 41.4. The first-order chi connectivity index (χ1) is 28.5. The van der Waals surface area contributed by atoms with Crippen molar-refractivity contribution in [2.45, 2.75) is 220 Å². The number of unbranched alkanes of at least 4 members (excludes halogenated alkanes) is 24. The van der Waals surface area contributed by atoms with Crippen LogP contribution in [0.1, 0.15) is 219 Å². The number of benzene rings is 3. The molecule has 0 amide bonds. The summed E-state index contributed by atoms with van der Waals surface area (Å²) in [5, 5.41) is 1.83. The van der Waals surface area contributed by atoms with Gasteiger partial charge >= 0.3 is 360 Å². The molecule has 58 heavy (non-hydrogen) atoms. The van der Waals surface area contributed by atoms with Crippen LogP contribution in [0, 0.1) is 0 Å². The fourth-order valence-electron chi connectivity index (χ4n) is 8.76. The normalized spacial score (nSPS) is 12.5. The van der Waals surface area contributed by atoms with Gasteiger partial charge in [0.05, 0.1) is 0 Å². The third-order valence-electron chi connectivity index (χ3n) is 12.3. The van der Waals surface area contributed by atoms with Crippen LogP contribution in [-0.2, 0) is 21.9 Å². The van der Waals surface area contributed by atoms with Crippen LogP contribution in [0.2, 0.25) is 0 Å². The Kier molecular flexibility index (Phi) is 26.8. The maximum atomic E-state index is 14.4. The second-order valence-corrected chi connectivity index (χ2v) is 20.7. The van der Waals surface area contributed by atoms with Crippen LogP contribution in [0.3, 0.4) is 0 Å². The minimum atomic E-state index is -4.67. The van der Waals surface area contributed by atoms with Crippen molar-refractivity contribution in [1.29, 1.82) is 0 Å². The molecule has 0 saturated heterocycles. The average molecular weight is 817 g/mol. The van der Waals surface area contributed by atoms with Crippen molar-refractivity contribution in [2.75, 3.05) is 13.2 Å². The molecule has 0 unspecified atom stereocenters. The fraction of sp³-hybridized carbons (Fsp3) is 0.667. The molecule has 0 spiro atoms. The van der Waals surface area contributed by atoms with Crippen molar-refractivity contribution in [2.24, 2.45) is 0 Å². The standard InChI is InChI=1S/C54H89O3P/c1-5-9-13-17-21-25-30-41-50-42-34-35-45-53(50)58(55,56-47-36-27-23-19-15-11-7-3,57-48-37-28-24-20-16-12-8-4)54-46-38-44-51(49-39-31-29-32-40-49)52(54)43-33-26-22-18-14-10-6-2/h29,31-32,34-35,38-40,42,44-46,55H,5-28,30,33,36-37,41,43,47-48H2,1-4H3. The molecule has 4 heteroatoms. The van der Waals surface area contributed by atoms with Crippen LogP contribution in [0.5, 0.6) is 0 Å². The molecule has 0 heterocycles. The van der Waals surface area contributed by atoms with E-state index in [1.54, 1.807) is 0 Å². The van der Waals surface area contributed by atoms with Crippen LogP contribution in [-0.4, -0.2) is 18.1 Å². The van der Waals surface area contributed by atoms with Crippen molar-refractivity contribution >= 4 is 17.9 Å². The van der Waals surface area contributed by atoms with Gasteiger partial charge in [0.15, 0.2) is 0 Å². The summed E-state index contributed by atoms with van der Waals surface area (Å²) in [5.74, 6) is 0. The van der Waals surface area contributed by atoms with Crippen molar-refractivity contribution in [3.63, 3.8) is 0 Å². The molecule has 3 aromatic rings. The first-order valence-corrected chi connectivity index (χ1v) is 26.9. The van der Waals surface area contributed by atoms with Gasteiger partial charge in [-0.2, -0.15) is 0 Å². The molecule has 0 aliphatic heterocycles. The van der Waals surface area contributed by atoms with E-state index in [1.165, 1.54) is 164 Å². The Morgan fingerprint density at radius 3 is 1.28 bits per heavy atom. The SMILES string of the molecule is CCCCCCCCCOP(O)(OCCCCCCCCC)(c1ccccc1CCCCCCCCC)c1cccc(-c2ccccc2)c1CCCCCCCCC. The molecule has 3 nitrogen and oxygen atoms in total. The van der Waals surface area contributed by atoms with Gasteiger partial charge in [-0.15, -0.1) is 0 Å². The summed E-state index contributed by atoms with van der Waals surface area (Å²) in [6.07, 6.45) is 36.2. The Balaban J connectivity index is 2.12. The summed E-state index contributed by atoms with van der Waals surface area (Å²) in [4.78, 5) is 14.4. The summed E-state index contributed by atoms with van der Waals surface area (Å²) in [6, 6.07) is 26.2. The van der Waals surface area contributed by atoms with Crippen LogP contribution in [0.4, 0.5) is 0 Å². The third kappa shape index (κ3) is 17.5. The number of aryl methyl sites for hydroxylation is 1. The number of hydrogen-bond donors (Lipinski definition) is 1. The predicted octanol–water partition coefficient (Wildman–Crippen LogP) is 16.7. The summed E-state index contributed by atoms with van der Waals surface area (Å²) >= 11 is 0. The third-order valence-corrected chi connectivity index (χ3v) is 16.2. The number of rotatable bonds is 37. The quantitative estimate of drug-likeness (QED) is 0.0465. The zero-order valence-electron chi connectivity index (χ0n) is 38.3. The Morgan fingerprint density at radius 2 is 0.776 bits per heavy atom. The van der Waals surface area contributed by atoms with E-state index in [0.717, 1.165) is 62.0 Å². The molecule has 0 aliphatic rings. The van der Waals surface area contributed by atoms with E-state index in [2.05, 4.69) is 100 Å². The van der Waals surface area contributed by atoms with E-state index >= 15 is 0 Å². The zero-order valence-corrected chi connectivity index (χ0v) is 39.2. The summed E-state index contributed by atoms with van der Waals surface area (Å²) in [7, 11) is -4.67. The van der Waals surface area contributed by atoms with Crippen molar-refractivity contribution in [3.05, 3.63) is 83.9 Å². The van der Waals surface area contributed by atoms with Crippen molar-refractivity contribution < 1.29 is 13.9 Å². The van der Waals surface area contributed by atoms with Crippen LogP contribution < -0.4 is 10.6 Å². The summed E-state index contributed by atoms with van der Waals surface area (Å²) in [5.41, 5.74) is 4.81. The summed E-state index contributed by atoms with van der Waals surface area (Å²) < 4.78 is 14.7. The monoisotopic (exact) mass is 817 g/mol. The Bertz CT molecular complexity index is 1420. The van der Waals surface area contributed by atoms with E-state index in [-0.39, 0.29) is 0 Å². The molecule has 0 bridgehead atoms. The molecule has 3 aromatic carbocycles. The Morgan fingerprint density at radius 1 is 0.379 bits per heavy atom. The van der Waals surface area contributed by atoms with Crippen molar-refractivity contribution in [3.8, 4) is 11.1 Å². The molecule has 328 valence electrons. The van der Waals surface area contributed by atoms with E-state index in [0.29, 0.717) is 13.2 Å². The van der Waals surface area contributed by atoms with E-state index in [9.17, 15) is 4.89 Å².